The van der Waals surface area contributed by atoms with Crippen LogP contribution in [0.25, 0.3) is 10.8 Å². The molecule has 33 heavy (non-hydrogen) atoms. The van der Waals surface area contributed by atoms with E-state index < -0.39 is 5.97 Å². The molecule has 0 radical (unpaired) electrons. The number of carbonyl (C=O) groups excluding carboxylic acids is 1. The topological polar surface area (TPSA) is 93.1 Å². The fourth-order valence-electron chi connectivity index (χ4n) is 3.91. The van der Waals surface area contributed by atoms with Crippen LogP contribution in [0.2, 0.25) is 0 Å². The van der Waals surface area contributed by atoms with Crippen molar-refractivity contribution < 1.29 is 29.3 Å². The van der Waals surface area contributed by atoms with Crippen LogP contribution in [0.1, 0.15) is 53.7 Å². The van der Waals surface area contributed by atoms with Gasteiger partial charge in [0.05, 0.1) is 25.2 Å². The number of phenols is 1. The summed E-state index contributed by atoms with van der Waals surface area (Å²) in [5.74, 6) is 0.330. The Kier molecular flexibility index (Phi) is 7.93. The number of carboxylic acid groups (broad SMARTS) is 1. The van der Waals surface area contributed by atoms with E-state index in [1.807, 2.05) is 44.2 Å². The second-order valence-corrected chi connectivity index (χ2v) is 8.10. The average Bonchev–Trinajstić information content (AvgIpc) is 2.77. The predicted octanol–water partition coefficient (Wildman–Crippen LogP) is 5.48. The van der Waals surface area contributed by atoms with E-state index in [1.54, 1.807) is 12.1 Å². The average molecular weight is 451 g/mol. The first-order valence-electron chi connectivity index (χ1n) is 11.2. The molecule has 3 aromatic carbocycles. The van der Waals surface area contributed by atoms with Crippen molar-refractivity contribution in [1.82, 2.24) is 0 Å². The van der Waals surface area contributed by atoms with E-state index in [0.717, 1.165) is 34.1 Å². The van der Waals surface area contributed by atoms with Crippen molar-refractivity contribution in [3.8, 4) is 17.2 Å². The number of benzene rings is 3. The summed E-state index contributed by atoms with van der Waals surface area (Å²) in [5, 5.41) is 21.5. The molecule has 0 unspecified atom stereocenters. The Morgan fingerprint density at radius 2 is 1.76 bits per heavy atom. The van der Waals surface area contributed by atoms with Gasteiger partial charge in [-0.2, -0.15) is 0 Å². The molecular weight excluding hydrogens is 420 g/mol. The first-order valence-corrected chi connectivity index (χ1v) is 11.2. The van der Waals surface area contributed by atoms with Crippen molar-refractivity contribution in [3.05, 3.63) is 64.7 Å². The predicted molar refractivity (Wildman–Crippen MR) is 128 cm³/mol. The van der Waals surface area contributed by atoms with Gasteiger partial charge in [-0.1, -0.05) is 31.5 Å². The summed E-state index contributed by atoms with van der Waals surface area (Å²) < 4.78 is 11.7. The van der Waals surface area contributed by atoms with Crippen molar-refractivity contribution in [1.29, 1.82) is 0 Å². The molecule has 0 aromatic heterocycles. The van der Waals surface area contributed by atoms with Crippen LogP contribution < -0.4 is 9.47 Å². The second-order valence-electron chi connectivity index (χ2n) is 8.10. The maximum Gasteiger partial charge on any atom is 0.307 e. The maximum absolute atomic E-state index is 11.7. The molecule has 0 saturated carbocycles. The lowest BCUT2D eigenvalue weighted by atomic mass is 9.98. The van der Waals surface area contributed by atoms with Crippen LogP contribution in [0.5, 0.6) is 17.2 Å². The van der Waals surface area contributed by atoms with Gasteiger partial charge in [-0.05, 0) is 66.4 Å². The molecule has 6 heteroatoms. The fourth-order valence-corrected chi connectivity index (χ4v) is 3.91. The molecule has 3 aromatic rings. The van der Waals surface area contributed by atoms with Crippen molar-refractivity contribution >= 4 is 22.5 Å². The SMILES string of the molecule is CCCc1c(OCCCOc2ccc3c(C)c(CC(=O)O)ccc3c2)ccc(C(C)=O)c1O. The molecule has 0 fully saturated rings. The lowest BCUT2D eigenvalue weighted by molar-refractivity contribution is -0.136. The Morgan fingerprint density at radius 1 is 1.00 bits per heavy atom. The minimum atomic E-state index is -0.841. The summed E-state index contributed by atoms with van der Waals surface area (Å²) in [6.07, 6.45) is 2.11. The third-order valence-electron chi connectivity index (χ3n) is 5.65. The summed E-state index contributed by atoms with van der Waals surface area (Å²) in [6, 6.07) is 12.9. The zero-order chi connectivity index (χ0) is 24.0. The number of rotatable bonds is 11. The van der Waals surface area contributed by atoms with Crippen molar-refractivity contribution in [2.45, 2.75) is 46.5 Å². The second kappa shape index (κ2) is 10.9. The van der Waals surface area contributed by atoms with Gasteiger partial charge >= 0.3 is 5.97 Å². The van der Waals surface area contributed by atoms with Crippen LogP contribution in [-0.2, 0) is 17.6 Å². The maximum atomic E-state index is 11.7. The van der Waals surface area contributed by atoms with Gasteiger partial charge in [0.25, 0.3) is 0 Å². The number of carboxylic acids is 1. The number of aliphatic carboxylic acids is 1. The summed E-state index contributed by atoms with van der Waals surface area (Å²) in [7, 11) is 0. The Morgan fingerprint density at radius 3 is 2.45 bits per heavy atom. The van der Waals surface area contributed by atoms with Crippen molar-refractivity contribution in [3.63, 3.8) is 0 Å². The van der Waals surface area contributed by atoms with Crippen LogP contribution in [-0.4, -0.2) is 35.2 Å². The number of Topliss-reactive ketones (excluding diaryl/α,β-unsaturated/α-hetero) is 1. The number of phenolic OH excluding ortho intramolecular Hbond substituents is 1. The molecule has 0 atom stereocenters. The first-order chi connectivity index (χ1) is 15.8. The zero-order valence-electron chi connectivity index (χ0n) is 19.3. The largest absolute Gasteiger partial charge is 0.507 e. The quantitative estimate of drug-likeness (QED) is 0.297. The highest BCUT2D eigenvalue weighted by Crippen LogP contribution is 2.33. The summed E-state index contributed by atoms with van der Waals surface area (Å²) in [4.78, 5) is 22.7. The van der Waals surface area contributed by atoms with E-state index in [4.69, 9.17) is 14.6 Å². The zero-order valence-corrected chi connectivity index (χ0v) is 19.3. The normalized spacial score (nSPS) is 10.9. The van der Waals surface area contributed by atoms with E-state index in [9.17, 15) is 14.7 Å². The third kappa shape index (κ3) is 5.83. The molecule has 0 aliphatic carbocycles. The van der Waals surface area contributed by atoms with Crippen LogP contribution >= 0.6 is 0 Å². The van der Waals surface area contributed by atoms with E-state index in [2.05, 4.69) is 0 Å². The molecule has 0 bridgehead atoms. The number of fused-ring (bicyclic) bond motifs is 1. The Balaban J connectivity index is 1.58. The molecule has 3 rings (SSSR count). The highest BCUT2D eigenvalue weighted by atomic mass is 16.5. The van der Waals surface area contributed by atoms with E-state index in [-0.39, 0.29) is 18.0 Å². The Bertz CT molecular complexity index is 1160. The number of carbonyl (C=O) groups is 2. The van der Waals surface area contributed by atoms with E-state index in [0.29, 0.717) is 42.9 Å². The number of hydrogen-bond acceptors (Lipinski definition) is 5. The van der Waals surface area contributed by atoms with Gasteiger partial charge in [0.1, 0.15) is 17.2 Å². The van der Waals surface area contributed by atoms with Gasteiger partial charge in [-0.25, -0.2) is 0 Å². The molecule has 0 heterocycles. The molecule has 0 amide bonds. The van der Waals surface area contributed by atoms with Gasteiger partial charge in [0, 0.05) is 12.0 Å². The van der Waals surface area contributed by atoms with Gasteiger partial charge in [0.2, 0.25) is 0 Å². The molecule has 0 aliphatic heterocycles. The third-order valence-corrected chi connectivity index (χ3v) is 5.65. The number of aromatic hydroxyl groups is 1. The molecule has 2 N–H and O–H groups in total. The van der Waals surface area contributed by atoms with Crippen LogP contribution in [0.15, 0.2) is 42.5 Å². The highest BCUT2D eigenvalue weighted by molar-refractivity contribution is 5.97. The van der Waals surface area contributed by atoms with Gasteiger partial charge in [-0.3, -0.25) is 9.59 Å². The fraction of sp³-hybridized carbons (Fsp3) is 0.333. The lowest BCUT2D eigenvalue weighted by Gasteiger charge is -2.15. The Hall–Kier alpha value is -3.54. The van der Waals surface area contributed by atoms with Crippen LogP contribution in [0.4, 0.5) is 0 Å². The van der Waals surface area contributed by atoms with Crippen LogP contribution in [0.3, 0.4) is 0 Å². The molecule has 174 valence electrons. The van der Waals surface area contributed by atoms with E-state index in [1.165, 1.54) is 6.92 Å². The first kappa shape index (κ1) is 24.1. The smallest absolute Gasteiger partial charge is 0.307 e. The van der Waals surface area contributed by atoms with Gasteiger partial charge in [-0.15, -0.1) is 0 Å². The van der Waals surface area contributed by atoms with Crippen molar-refractivity contribution in [2.75, 3.05) is 13.2 Å². The monoisotopic (exact) mass is 450 g/mol. The van der Waals surface area contributed by atoms with Crippen molar-refractivity contribution in [2.24, 2.45) is 0 Å². The molecule has 6 nitrogen and oxygen atoms in total. The van der Waals surface area contributed by atoms with Gasteiger partial charge in [0.15, 0.2) is 5.78 Å². The highest BCUT2D eigenvalue weighted by Gasteiger charge is 2.16. The summed E-state index contributed by atoms with van der Waals surface area (Å²) in [5.41, 5.74) is 2.76. The molecule has 0 spiro atoms. The standard InChI is InChI=1S/C27H30O6/c1-4-6-24-25(12-11-23(18(3)28)27(24)31)33-14-5-13-32-21-9-10-22-17(2)19(16-26(29)30)7-8-20(22)15-21/h7-12,15,31H,4-6,13-14,16H2,1-3H3,(H,29,30). The minimum Gasteiger partial charge on any atom is -0.507 e. The molecule has 0 saturated heterocycles. The molecular formula is C27H30O6. The Labute approximate surface area is 193 Å². The summed E-state index contributed by atoms with van der Waals surface area (Å²) >= 11 is 0. The number of ketones is 1. The number of ether oxygens (including phenoxy) is 2. The molecule has 0 aliphatic rings. The minimum absolute atomic E-state index is 0.00918. The van der Waals surface area contributed by atoms with Crippen LogP contribution in [0, 0.1) is 6.92 Å². The number of hydrogen-bond donors (Lipinski definition) is 2. The van der Waals surface area contributed by atoms with E-state index >= 15 is 0 Å². The van der Waals surface area contributed by atoms with Gasteiger partial charge < -0.3 is 19.7 Å². The summed E-state index contributed by atoms with van der Waals surface area (Å²) in [6.45, 7) is 6.26. The lowest BCUT2D eigenvalue weighted by Crippen LogP contribution is -2.07. The number of aryl methyl sites for hydroxylation is 1.